The number of ether oxygens (including phenoxy) is 2. The minimum Gasteiger partial charge on any atom is -0.484 e. The second kappa shape index (κ2) is 5.47. The van der Waals surface area contributed by atoms with Gasteiger partial charge in [-0.15, -0.1) is 0 Å². The van der Waals surface area contributed by atoms with Crippen LogP contribution in [0.25, 0.3) is 0 Å². The molecule has 1 aromatic carbocycles. The van der Waals surface area contributed by atoms with Crippen molar-refractivity contribution >= 4 is 11.6 Å². The highest BCUT2D eigenvalue weighted by atomic mass is 35.5. The minimum atomic E-state index is 0.171. The number of benzene rings is 1. The Hall–Kier alpha value is -0.770. The number of hydrogen-bond acceptors (Lipinski definition) is 3. The van der Waals surface area contributed by atoms with E-state index in [0.717, 1.165) is 18.8 Å². The fourth-order valence-corrected chi connectivity index (χ4v) is 2.70. The summed E-state index contributed by atoms with van der Waals surface area (Å²) in [6.07, 6.45) is 2.64. The Bertz CT molecular complexity index is 414. The summed E-state index contributed by atoms with van der Waals surface area (Å²) >= 11 is 6.29. The molecule has 0 aromatic heterocycles. The van der Waals surface area contributed by atoms with Crippen molar-refractivity contribution in [3.8, 4) is 5.75 Å². The van der Waals surface area contributed by atoms with Crippen LogP contribution in [-0.4, -0.2) is 32.4 Å². The van der Waals surface area contributed by atoms with Crippen LogP contribution in [0.1, 0.15) is 24.3 Å². The van der Waals surface area contributed by atoms with Gasteiger partial charge in [-0.2, -0.15) is 0 Å². The molecule has 2 heterocycles. The average molecular weight is 268 g/mol. The lowest BCUT2D eigenvalue weighted by atomic mass is 9.92. The molecule has 0 aliphatic carbocycles. The summed E-state index contributed by atoms with van der Waals surface area (Å²) in [4.78, 5) is 0. The van der Waals surface area contributed by atoms with E-state index in [9.17, 15) is 0 Å². The highest BCUT2D eigenvalue weighted by molar-refractivity contribution is 6.32. The molecule has 98 valence electrons. The average Bonchev–Trinajstić information content (AvgIpc) is 2.36. The van der Waals surface area contributed by atoms with Gasteiger partial charge in [0.1, 0.15) is 11.9 Å². The monoisotopic (exact) mass is 267 g/mol. The van der Waals surface area contributed by atoms with Crippen LogP contribution in [0, 0.1) is 0 Å². The zero-order chi connectivity index (χ0) is 12.4. The summed E-state index contributed by atoms with van der Waals surface area (Å²) < 4.78 is 10.8. The van der Waals surface area contributed by atoms with Crippen LogP contribution in [0.15, 0.2) is 18.2 Å². The molecular weight excluding hydrogens is 250 g/mol. The summed E-state index contributed by atoms with van der Waals surface area (Å²) in [6.45, 7) is 3.52. The highest BCUT2D eigenvalue weighted by Crippen LogP contribution is 2.32. The van der Waals surface area contributed by atoms with Crippen molar-refractivity contribution in [3.63, 3.8) is 0 Å². The molecule has 1 aromatic rings. The Morgan fingerprint density at radius 3 is 2.83 bits per heavy atom. The van der Waals surface area contributed by atoms with Gasteiger partial charge in [0, 0.05) is 6.54 Å². The van der Waals surface area contributed by atoms with Gasteiger partial charge in [0.25, 0.3) is 0 Å². The lowest BCUT2D eigenvalue weighted by Crippen LogP contribution is -2.38. The molecule has 1 unspecified atom stereocenters. The summed E-state index contributed by atoms with van der Waals surface area (Å²) in [6, 6.07) is 6.18. The normalized spacial score (nSPS) is 24.6. The number of halogens is 1. The lowest BCUT2D eigenvalue weighted by molar-refractivity contribution is -0.0796. The first-order valence-corrected chi connectivity index (χ1v) is 6.95. The Balaban J connectivity index is 1.70. The van der Waals surface area contributed by atoms with Gasteiger partial charge in [0.05, 0.1) is 18.2 Å². The third-order valence-electron chi connectivity index (χ3n) is 3.63. The first-order chi connectivity index (χ1) is 8.83. The summed E-state index contributed by atoms with van der Waals surface area (Å²) in [5.74, 6) is 1.36. The Morgan fingerprint density at radius 2 is 2.22 bits per heavy atom. The van der Waals surface area contributed by atoms with Gasteiger partial charge in [-0.1, -0.05) is 17.7 Å². The van der Waals surface area contributed by atoms with E-state index in [1.54, 1.807) is 0 Å². The number of hydrogen-bond donors (Lipinski definition) is 1. The van der Waals surface area contributed by atoms with Gasteiger partial charge < -0.3 is 14.8 Å². The van der Waals surface area contributed by atoms with Gasteiger partial charge in [-0.3, -0.25) is 0 Å². The van der Waals surface area contributed by atoms with Crippen molar-refractivity contribution in [1.82, 2.24) is 5.32 Å². The first kappa shape index (κ1) is 12.3. The van der Waals surface area contributed by atoms with E-state index in [1.165, 1.54) is 18.4 Å². The molecule has 0 saturated carbocycles. The van der Waals surface area contributed by atoms with Crippen LogP contribution in [0.5, 0.6) is 5.75 Å². The molecule has 2 aliphatic heterocycles. The molecule has 0 bridgehead atoms. The molecule has 2 fully saturated rings. The van der Waals surface area contributed by atoms with Crippen molar-refractivity contribution in [2.45, 2.75) is 24.9 Å². The maximum atomic E-state index is 6.29. The summed E-state index contributed by atoms with van der Waals surface area (Å²) in [7, 11) is 0. The van der Waals surface area contributed by atoms with E-state index >= 15 is 0 Å². The van der Waals surface area contributed by atoms with Crippen LogP contribution >= 0.6 is 11.6 Å². The van der Waals surface area contributed by atoms with Gasteiger partial charge in [0.15, 0.2) is 0 Å². The standard InChI is InChI=1S/C14H18ClNO2/c15-13-6-10(11-2-1-5-16-7-11)3-4-14(13)18-12-8-17-9-12/h3-4,6,11-12,16H,1-2,5,7-9H2. The van der Waals surface area contributed by atoms with E-state index in [4.69, 9.17) is 21.1 Å². The molecule has 3 nitrogen and oxygen atoms in total. The van der Waals surface area contributed by atoms with Gasteiger partial charge >= 0.3 is 0 Å². The second-order valence-corrected chi connectivity index (χ2v) is 5.42. The van der Waals surface area contributed by atoms with E-state index in [-0.39, 0.29) is 6.10 Å². The van der Waals surface area contributed by atoms with E-state index in [2.05, 4.69) is 11.4 Å². The van der Waals surface area contributed by atoms with E-state index in [0.29, 0.717) is 24.2 Å². The molecule has 1 N–H and O–H groups in total. The lowest BCUT2D eigenvalue weighted by Gasteiger charge is -2.28. The minimum absolute atomic E-state index is 0.171. The number of nitrogens with one attached hydrogen (secondary N) is 1. The molecule has 0 spiro atoms. The second-order valence-electron chi connectivity index (χ2n) is 5.01. The molecule has 0 radical (unpaired) electrons. The van der Waals surface area contributed by atoms with Gasteiger partial charge in [0.2, 0.25) is 0 Å². The maximum Gasteiger partial charge on any atom is 0.145 e. The molecular formula is C14H18ClNO2. The van der Waals surface area contributed by atoms with E-state index in [1.807, 2.05) is 12.1 Å². The van der Waals surface area contributed by atoms with Crippen LogP contribution < -0.4 is 10.1 Å². The molecule has 2 saturated heterocycles. The van der Waals surface area contributed by atoms with E-state index < -0.39 is 0 Å². The van der Waals surface area contributed by atoms with Crippen molar-refractivity contribution < 1.29 is 9.47 Å². The fourth-order valence-electron chi connectivity index (χ4n) is 2.46. The van der Waals surface area contributed by atoms with Gasteiger partial charge in [-0.05, 0) is 43.0 Å². The third kappa shape index (κ3) is 2.63. The smallest absolute Gasteiger partial charge is 0.145 e. The zero-order valence-corrected chi connectivity index (χ0v) is 11.1. The summed E-state index contributed by atoms with van der Waals surface area (Å²) in [5.41, 5.74) is 1.31. The zero-order valence-electron chi connectivity index (χ0n) is 10.3. The SMILES string of the molecule is Clc1cc(C2CCCNC2)ccc1OC1COC1. The van der Waals surface area contributed by atoms with Crippen molar-refractivity contribution in [1.29, 1.82) is 0 Å². The maximum absolute atomic E-state index is 6.29. The first-order valence-electron chi connectivity index (χ1n) is 6.57. The number of rotatable bonds is 3. The Morgan fingerprint density at radius 1 is 1.33 bits per heavy atom. The molecule has 0 amide bonds. The van der Waals surface area contributed by atoms with Crippen molar-refractivity contribution in [3.05, 3.63) is 28.8 Å². The molecule has 1 atom stereocenters. The van der Waals surface area contributed by atoms with Crippen LogP contribution in [0.4, 0.5) is 0 Å². The summed E-state index contributed by atoms with van der Waals surface area (Å²) in [5, 5.41) is 4.14. The third-order valence-corrected chi connectivity index (χ3v) is 3.92. The molecule has 2 aliphatic rings. The topological polar surface area (TPSA) is 30.5 Å². The van der Waals surface area contributed by atoms with Crippen LogP contribution in [0.3, 0.4) is 0 Å². The van der Waals surface area contributed by atoms with Crippen LogP contribution in [0.2, 0.25) is 5.02 Å². The van der Waals surface area contributed by atoms with Crippen molar-refractivity contribution in [2.24, 2.45) is 0 Å². The van der Waals surface area contributed by atoms with Gasteiger partial charge in [-0.25, -0.2) is 0 Å². The Kier molecular flexibility index (Phi) is 3.73. The Labute approximate surface area is 112 Å². The molecule has 3 rings (SSSR count). The highest BCUT2D eigenvalue weighted by Gasteiger charge is 2.22. The quantitative estimate of drug-likeness (QED) is 0.913. The predicted molar refractivity (Wildman–Crippen MR) is 71.5 cm³/mol. The fraction of sp³-hybridized carbons (Fsp3) is 0.571. The number of piperidine rings is 1. The molecule has 18 heavy (non-hydrogen) atoms. The van der Waals surface area contributed by atoms with Crippen molar-refractivity contribution in [2.75, 3.05) is 26.3 Å². The molecule has 4 heteroatoms. The predicted octanol–water partition coefficient (Wildman–Crippen LogP) is 2.58. The largest absolute Gasteiger partial charge is 0.484 e. The van der Waals surface area contributed by atoms with Crippen LogP contribution in [-0.2, 0) is 4.74 Å².